The van der Waals surface area contributed by atoms with Crippen molar-refractivity contribution in [3.05, 3.63) is 0 Å². The molecule has 1 fully saturated rings. The van der Waals surface area contributed by atoms with Crippen LogP contribution in [0.4, 0.5) is 0 Å². The number of hydrazine groups is 1. The number of β-amino-alcohol motifs (C(OH)–C–C–N with tert-alkyl or cyclic N) is 1. The number of carbonyl (C=O) groups excluding carboxylic acids is 1. The molecule has 0 bridgehead atoms. The predicted molar refractivity (Wildman–Crippen MR) is 45.3 cm³/mol. The average Bonchev–Trinajstić information content (AvgIpc) is 2.16. The van der Waals surface area contributed by atoms with Crippen molar-refractivity contribution in [2.45, 2.75) is 25.9 Å². The zero-order valence-corrected chi connectivity index (χ0v) is 7.87. The summed E-state index contributed by atoms with van der Waals surface area (Å²) in [7, 11) is 1.74. The first-order valence-corrected chi connectivity index (χ1v) is 4.14. The van der Waals surface area contributed by atoms with E-state index in [0.717, 1.165) is 6.54 Å². The van der Waals surface area contributed by atoms with Gasteiger partial charge in [0.05, 0.1) is 5.60 Å². The first-order chi connectivity index (χ1) is 5.40. The molecule has 0 saturated carbocycles. The van der Waals surface area contributed by atoms with E-state index in [1.807, 2.05) is 5.01 Å². The van der Waals surface area contributed by atoms with Gasteiger partial charge in [-0.1, -0.05) is 0 Å². The van der Waals surface area contributed by atoms with Crippen LogP contribution in [0.15, 0.2) is 0 Å². The van der Waals surface area contributed by atoms with Gasteiger partial charge < -0.3 is 5.11 Å². The van der Waals surface area contributed by atoms with Crippen molar-refractivity contribution in [1.29, 1.82) is 0 Å². The number of nitrogens with zero attached hydrogens (tertiary/aromatic N) is 2. The number of hydrogen-bond donors (Lipinski definition) is 1. The Morgan fingerprint density at radius 2 is 2.17 bits per heavy atom. The Hall–Kier alpha value is -0.610. The number of rotatable bonds is 2. The third kappa shape index (κ3) is 2.19. The predicted octanol–water partition coefficient (Wildman–Crippen LogP) is -0.164. The van der Waals surface area contributed by atoms with Crippen molar-refractivity contribution < 1.29 is 9.90 Å². The molecule has 1 rings (SSSR count). The van der Waals surface area contributed by atoms with Crippen molar-refractivity contribution >= 4 is 5.91 Å². The maximum Gasteiger partial charge on any atom is 0.237 e. The first kappa shape index (κ1) is 9.48. The van der Waals surface area contributed by atoms with Crippen LogP contribution in [-0.2, 0) is 4.79 Å². The van der Waals surface area contributed by atoms with Crippen molar-refractivity contribution in [2.75, 3.05) is 20.1 Å². The Labute approximate surface area is 72.7 Å². The second-order valence-electron chi connectivity index (χ2n) is 3.87. The van der Waals surface area contributed by atoms with Gasteiger partial charge in [0.15, 0.2) is 0 Å². The topological polar surface area (TPSA) is 43.8 Å². The molecule has 1 amide bonds. The lowest BCUT2D eigenvalue weighted by atomic mass is 10.1. The smallest absolute Gasteiger partial charge is 0.237 e. The molecule has 1 aliphatic heterocycles. The fourth-order valence-electron chi connectivity index (χ4n) is 1.33. The number of carbonyl (C=O) groups is 1. The molecular weight excluding hydrogens is 156 g/mol. The molecule has 1 N–H and O–H groups in total. The lowest BCUT2D eigenvalue weighted by molar-refractivity contribution is -0.137. The Morgan fingerprint density at radius 3 is 2.50 bits per heavy atom. The summed E-state index contributed by atoms with van der Waals surface area (Å²) in [4.78, 5) is 11.1. The second kappa shape index (κ2) is 3.03. The van der Waals surface area contributed by atoms with E-state index in [0.29, 0.717) is 13.0 Å². The molecule has 0 radical (unpaired) electrons. The quantitative estimate of drug-likeness (QED) is 0.629. The monoisotopic (exact) mass is 172 g/mol. The second-order valence-corrected chi connectivity index (χ2v) is 3.87. The highest BCUT2D eigenvalue weighted by Crippen LogP contribution is 2.13. The van der Waals surface area contributed by atoms with Gasteiger partial charge >= 0.3 is 0 Å². The molecule has 0 aliphatic carbocycles. The van der Waals surface area contributed by atoms with Gasteiger partial charge in [-0.3, -0.25) is 9.80 Å². The van der Waals surface area contributed by atoms with E-state index in [1.165, 1.54) is 0 Å². The van der Waals surface area contributed by atoms with Gasteiger partial charge in [-0.25, -0.2) is 5.01 Å². The van der Waals surface area contributed by atoms with Gasteiger partial charge in [0.25, 0.3) is 0 Å². The molecule has 4 nitrogen and oxygen atoms in total. The van der Waals surface area contributed by atoms with Gasteiger partial charge in [0.2, 0.25) is 5.91 Å². The molecule has 1 heterocycles. The van der Waals surface area contributed by atoms with Crippen LogP contribution in [0.25, 0.3) is 0 Å². The molecule has 0 aromatic heterocycles. The van der Waals surface area contributed by atoms with E-state index in [4.69, 9.17) is 0 Å². The average molecular weight is 172 g/mol. The minimum Gasteiger partial charge on any atom is -0.389 e. The molecule has 0 unspecified atom stereocenters. The Kier molecular flexibility index (Phi) is 2.39. The summed E-state index contributed by atoms with van der Waals surface area (Å²) in [5.74, 6) is 0.124. The lowest BCUT2D eigenvalue weighted by Crippen LogP contribution is -2.44. The van der Waals surface area contributed by atoms with E-state index in [2.05, 4.69) is 0 Å². The molecule has 0 spiro atoms. The Morgan fingerprint density at radius 1 is 1.58 bits per heavy atom. The molecule has 1 aliphatic rings. The Balaban J connectivity index is 2.50. The molecule has 12 heavy (non-hydrogen) atoms. The van der Waals surface area contributed by atoms with Crippen molar-refractivity contribution in [1.82, 2.24) is 10.0 Å². The maximum atomic E-state index is 11.1. The highest BCUT2D eigenvalue weighted by Gasteiger charge is 2.29. The largest absolute Gasteiger partial charge is 0.389 e. The van der Waals surface area contributed by atoms with Crippen LogP contribution in [0.5, 0.6) is 0 Å². The van der Waals surface area contributed by atoms with Crippen LogP contribution in [0.2, 0.25) is 0 Å². The number of amides is 1. The Bertz CT molecular complexity index is 186. The van der Waals surface area contributed by atoms with Gasteiger partial charge in [-0.2, -0.15) is 0 Å². The van der Waals surface area contributed by atoms with Crippen molar-refractivity contribution in [2.24, 2.45) is 0 Å². The number of aliphatic hydroxyl groups is 1. The molecule has 70 valence electrons. The zero-order valence-electron chi connectivity index (χ0n) is 7.87. The minimum atomic E-state index is -0.737. The summed E-state index contributed by atoms with van der Waals surface area (Å²) in [6, 6.07) is 0. The summed E-state index contributed by atoms with van der Waals surface area (Å²) in [6.07, 6.45) is 0.562. The van der Waals surface area contributed by atoms with Crippen molar-refractivity contribution in [3.63, 3.8) is 0 Å². The fourth-order valence-corrected chi connectivity index (χ4v) is 1.33. The van der Waals surface area contributed by atoms with Crippen LogP contribution in [0.1, 0.15) is 20.3 Å². The van der Waals surface area contributed by atoms with Crippen molar-refractivity contribution in [3.8, 4) is 0 Å². The van der Waals surface area contributed by atoms with Gasteiger partial charge in [0.1, 0.15) is 0 Å². The van der Waals surface area contributed by atoms with Crippen LogP contribution in [0, 0.1) is 0 Å². The fraction of sp³-hybridized carbons (Fsp3) is 0.875. The third-order valence-electron chi connectivity index (χ3n) is 1.94. The van der Waals surface area contributed by atoms with Gasteiger partial charge in [-0.05, 0) is 13.8 Å². The van der Waals surface area contributed by atoms with Gasteiger partial charge in [0, 0.05) is 26.6 Å². The summed E-state index contributed by atoms with van der Waals surface area (Å²) < 4.78 is 0. The van der Waals surface area contributed by atoms with Crippen LogP contribution < -0.4 is 0 Å². The SMILES string of the molecule is CN1C(=O)CCN1CC(C)(C)O. The lowest BCUT2D eigenvalue weighted by Gasteiger charge is -2.29. The van der Waals surface area contributed by atoms with E-state index in [1.54, 1.807) is 25.9 Å². The maximum absolute atomic E-state index is 11.1. The van der Waals surface area contributed by atoms with Gasteiger partial charge in [-0.15, -0.1) is 0 Å². The van der Waals surface area contributed by atoms with Crippen LogP contribution >= 0.6 is 0 Å². The molecule has 0 atom stereocenters. The van der Waals surface area contributed by atoms with Crippen LogP contribution in [-0.4, -0.2) is 46.8 Å². The summed E-state index contributed by atoms with van der Waals surface area (Å²) in [5.41, 5.74) is -0.737. The zero-order chi connectivity index (χ0) is 9.35. The van der Waals surface area contributed by atoms with E-state index in [9.17, 15) is 9.90 Å². The van der Waals surface area contributed by atoms with E-state index in [-0.39, 0.29) is 5.91 Å². The summed E-state index contributed by atoms with van der Waals surface area (Å²) >= 11 is 0. The molecule has 4 heteroatoms. The van der Waals surface area contributed by atoms with Crippen LogP contribution in [0.3, 0.4) is 0 Å². The number of hydrogen-bond acceptors (Lipinski definition) is 3. The third-order valence-corrected chi connectivity index (χ3v) is 1.94. The molecular formula is C8H16N2O2. The van der Waals surface area contributed by atoms with E-state index < -0.39 is 5.60 Å². The molecule has 0 aromatic carbocycles. The summed E-state index contributed by atoms with van der Waals surface area (Å²) in [5, 5.41) is 12.9. The standard InChI is InChI=1S/C8H16N2O2/c1-8(2,12)6-10-5-4-7(11)9(10)3/h12H,4-6H2,1-3H3. The first-order valence-electron chi connectivity index (χ1n) is 4.14. The molecule has 0 aromatic rings. The summed E-state index contributed by atoms with van der Waals surface area (Å²) in [6.45, 7) is 4.71. The minimum absolute atomic E-state index is 0.124. The van der Waals surface area contributed by atoms with E-state index >= 15 is 0 Å². The molecule has 1 saturated heterocycles. The normalized spacial score (nSPS) is 20.7. The highest BCUT2D eigenvalue weighted by molar-refractivity contribution is 5.77. The highest BCUT2D eigenvalue weighted by atomic mass is 16.3.